The van der Waals surface area contributed by atoms with Gasteiger partial charge in [-0.3, -0.25) is 4.79 Å². The second kappa shape index (κ2) is 6.72. The van der Waals surface area contributed by atoms with E-state index in [4.69, 9.17) is 5.73 Å². The Morgan fingerprint density at radius 1 is 1.19 bits per heavy atom. The highest BCUT2D eigenvalue weighted by atomic mass is 16.1. The van der Waals surface area contributed by atoms with Crippen molar-refractivity contribution < 1.29 is 0 Å². The molecule has 0 saturated carbocycles. The molecular formula is C18H24N2O. The summed E-state index contributed by atoms with van der Waals surface area (Å²) in [6.45, 7) is 6.97. The van der Waals surface area contributed by atoms with Crippen LogP contribution >= 0.6 is 0 Å². The molecule has 1 heterocycles. The minimum atomic E-state index is -0.368. The van der Waals surface area contributed by atoms with E-state index >= 15 is 0 Å². The monoisotopic (exact) mass is 284 g/mol. The van der Waals surface area contributed by atoms with Gasteiger partial charge in [0.2, 0.25) is 0 Å². The number of nitrogens with two attached hydrogens (primary N) is 1. The topological polar surface area (TPSA) is 48.0 Å². The van der Waals surface area contributed by atoms with Crippen molar-refractivity contribution in [1.29, 1.82) is 0 Å². The molecule has 3 nitrogen and oxygen atoms in total. The highest BCUT2D eigenvalue weighted by molar-refractivity contribution is 5.37. The lowest BCUT2D eigenvalue weighted by molar-refractivity contribution is 0.604. The Morgan fingerprint density at radius 2 is 1.95 bits per heavy atom. The van der Waals surface area contributed by atoms with Crippen molar-refractivity contribution in [3.8, 4) is 0 Å². The molecule has 21 heavy (non-hydrogen) atoms. The van der Waals surface area contributed by atoms with Crippen LogP contribution in [-0.2, 0) is 6.54 Å². The lowest BCUT2D eigenvalue weighted by Gasteiger charge is -2.16. The number of rotatable bonds is 5. The van der Waals surface area contributed by atoms with Crippen molar-refractivity contribution >= 4 is 0 Å². The molecule has 0 aliphatic rings. The standard InChI is InChI=1S/C18H24N2O/c1-4-5-10-20-11-6-7-16(18(20)21)17(19)15-9-8-13(2)12-14(15)3/h6-9,11-12,17H,4-5,10,19H2,1-3H3. The van der Waals surface area contributed by atoms with Crippen LogP contribution in [0.5, 0.6) is 0 Å². The van der Waals surface area contributed by atoms with E-state index < -0.39 is 0 Å². The van der Waals surface area contributed by atoms with Crippen molar-refractivity contribution in [2.75, 3.05) is 0 Å². The molecule has 0 spiro atoms. The molecular weight excluding hydrogens is 260 g/mol. The number of nitrogens with zero attached hydrogens (tertiary/aromatic N) is 1. The van der Waals surface area contributed by atoms with Crippen LogP contribution in [0.15, 0.2) is 41.3 Å². The van der Waals surface area contributed by atoms with Gasteiger partial charge in [-0.15, -0.1) is 0 Å². The third-order valence-electron chi connectivity index (χ3n) is 3.90. The Hall–Kier alpha value is -1.87. The van der Waals surface area contributed by atoms with E-state index in [1.165, 1.54) is 5.56 Å². The third-order valence-corrected chi connectivity index (χ3v) is 3.90. The van der Waals surface area contributed by atoms with Crippen LogP contribution in [0.4, 0.5) is 0 Å². The van der Waals surface area contributed by atoms with E-state index in [0.29, 0.717) is 5.56 Å². The Balaban J connectivity index is 2.39. The first kappa shape index (κ1) is 15.5. The summed E-state index contributed by atoms with van der Waals surface area (Å²) in [6.07, 6.45) is 3.91. The maximum absolute atomic E-state index is 12.6. The lowest BCUT2D eigenvalue weighted by atomic mass is 9.95. The molecule has 112 valence electrons. The highest BCUT2D eigenvalue weighted by Crippen LogP contribution is 2.21. The molecule has 2 rings (SSSR count). The van der Waals surface area contributed by atoms with E-state index in [0.717, 1.165) is 30.5 Å². The first-order valence-corrected chi connectivity index (χ1v) is 7.56. The molecule has 0 fully saturated rings. The SMILES string of the molecule is CCCCn1cccc(C(N)c2ccc(C)cc2C)c1=O. The molecule has 0 bridgehead atoms. The summed E-state index contributed by atoms with van der Waals surface area (Å²) >= 11 is 0. The molecule has 1 atom stereocenters. The maximum Gasteiger partial charge on any atom is 0.255 e. The van der Waals surface area contributed by atoms with E-state index in [1.807, 2.05) is 37.4 Å². The predicted octanol–water partition coefficient (Wildman–Crippen LogP) is 3.31. The summed E-state index contributed by atoms with van der Waals surface area (Å²) in [4.78, 5) is 12.6. The number of benzene rings is 1. The fraction of sp³-hybridized carbons (Fsp3) is 0.389. The zero-order valence-corrected chi connectivity index (χ0v) is 13.1. The molecule has 2 aromatic rings. The van der Waals surface area contributed by atoms with Crippen LogP contribution in [0.2, 0.25) is 0 Å². The van der Waals surface area contributed by atoms with Gasteiger partial charge in [-0.25, -0.2) is 0 Å². The van der Waals surface area contributed by atoms with Crippen molar-refractivity contribution in [2.45, 2.75) is 46.2 Å². The number of aromatic nitrogens is 1. The van der Waals surface area contributed by atoms with Gasteiger partial charge < -0.3 is 10.3 Å². The van der Waals surface area contributed by atoms with Gasteiger partial charge in [0, 0.05) is 18.3 Å². The van der Waals surface area contributed by atoms with Crippen molar-refractivity contribution in [2.24, 2.45) is 5.73 Å². The first-order valence-electron chi connectivity index (χ1n) is 7.56. The van der Waals surface area contributed by atoms with Gasteiger partial charge in [0.05, 0.1) is 6.04 Å². The van der Waals surface area contributed by atoms with Crippen LogP contribution in [0.25, 0.3) is 0 Å². The van der Waals surface area contributed by atoms with Gasteiger partial charge >= 0.3 is 0 Å². The van der Waals surface area contributed by atoms with Crippen molar-refractivity contribution in [3.63, 3.8) is 0 Å². The summed E-state index contributed by atoms with van der Waals surface area (Å²) < 4.78 is 1.77. The van der Waals surface area contributed by atoms with Crippen LogP contribution < -0.4 is 11.3 Å². The molecule has 0 aliphatic carbocycles. The lowest BCUT2D eigenvalue weighted by Crippen LogP contribution is -2.28. The number of hydrogen-bond acceptors (Lipinski definition) is 2. The van der Waals surface area contributed by atoms with E-state index in [9.17, 15) is 4.79 Å². The normalized spacial score (nSPS) is 12.4. The summed E-state index contributed by atoms with van der Waals surface area (Å²) in [6, 6.07) is 9.56. The largest absolute Gasteiger partial charge is 0.320 e. The quantitative estimate of drug-likeness (QED) is 0.915. The summed E-state index contributed by atoms with van der Waals surface area (Å²) in [5, 5.41) is 0. The molecule has 0 aliphatic heterocycles. The summed E-state index contributed by atoms with van der Waals surface area (Å²) in [5.74, 6) is 0. The smallest absolute Gasteiger partial charge is 0.255 e. The van der Waals surface area contributed by atoms with E-state index in [2.05, 4.69) is 19.9 Å². The van der Waals surface area contributed by atoms with Gasteiger partial charge in [0.1, 0.15) is 0 Å². The minimum Gasteiger partial charge on any atom is -0.320 e. The number of pyridine rings is 1. The molecule has 1 aromatic carbocycles. The Morgan fingerprint density at radius 3 is 2.62 bits per heavy atom. The van der Waals surface area contributed by atoms with Crippen LogP contribution in [0, 0.1) is 13.8 Å². The average molecular weight is 284 g/mol. The number of hydrogen-bond donors (Lipinski definition) is 1. The highest BCUT2D eigenvalue weighted by Gasteiger charge is 2.15. The Bertz CT molecular complexity index is 673. The van der Waals surface area contributed by atoms with E-state index in [1.54, 1.807) is 4.57 Å². The zero-order chi connectivity index (χ0) is 15.4. The molecule has 0 amide bonds. The van der Waals surface area contributed by atoms with Crippen LogP contribution in [-0.4, -0.2) is 4.57 Å². The fourth-order valence-electron chi connectivity index (χ4n) is 2.64. The third kappa shape index (κ3) is 3.42. The van der Waals surface area contributed by atoms with Gasteiger partial charge in [0.15, 0.2) is 0 Å². The minimum absolute atomic E-state index is 0.0263. The van der Waals surface area contributed by atoms with Gasteiger partial charge in [-0.2, -0.15) is 0 Å². The average Bonchev–Trinajstić information content (AvgIpc) is 2.45. The second-order valence-electron chi connectivity index (χ2n) is 5.65. The predicted molar refractivity (Wildman–Crippen MR) is 87.6 cm³/mol. The van der Waals surface area contributed by atoms with E-state index in [-0.39, 0.29) is 11.6 Å². The zero-order valence-electron chi connectivity index (χ0n) is 13.1. The molecule has 3 heteroatoms. The summed E-state index contributed by atoms with van der Waals surface area (Å²) in [7, 11) is 0. The molecule has 2 N–H and O–H groups in total. The van der Waals surface area contributed by atoms with Crippen molar-refractivity contribution in [3.05, 3.63) is 69.1 Å². The molecule has 1 unspecified atom stereocenters. The first-order chi connectivity index (χ1) is 10.0. The fourth-order valence-corrected chi connectivity index (χ4v) is 2.64. The Labute approximate surface area is 126 Å². The summed E-state index contributed by atoms with van der Waals surface area (Å²) in [5.41, 5.74) is 10.4. The second-order valence-corrected chi connectivity index (χ2v) is 5.65. The maximum atomic E-state index is 12.6. The number of aryl methyl sites for hydroxylation is 3. The van der Waals surface area contributed by atoms with Gasteiger partial charge in [-0.05, 0) is 37.5 Å². The Kier molecular flexibility index (Phi) is 4.97. The van der Waals surface area contributed by atoms with Crippen LogP contribution in [0.3, 0.4) is 0 Å². The van der Waals surface area contributed by atoms with Crippen LogP contribution in [0.1, 0.15) is 48.1 Å². The number of unbranched alkanes of at least 4 members (excludes halogenated alkanes) is 1. The van der Waals surface area contributed by atoms with Gasteiger partial charge in [0.25, 0.3) is 5.56 Å². The van der Waals surface area contributed by atoms with Gasteiger partial charge in [-0.1, -0.05) is 43.2 Å². The molecule has 0 radical (unpaired) electrons. The molecule has 0 saturated heterocycles. The molecule has 1 aromatic heterocycles. The van der Waals surface area contributed by atoms with Crippen molar-refractivity contribution in [1.82, 2.24) is 4.57 Å².